The molecule has 0 aromatic heterocycles. The smallest absolute Gasteiger partial charge is 0.306 e. The molecule has 9 nitrogen and oxygen atoms in total. The number of rotatable bonds is 63. The molecule has 9 heteroatoms. The summed E-state index contributed by atoms with van der Waals surface area (Å²) in [6.07, 6.45) is 84.8. The first-order valence-electron chi connectivity index (χ1n) is 34.4. The van der Waals surface area contributed by atoms with E-state index in [-0.39, 0.29) is 38.6 Å². The summed E-state index contributed by atoms with van der Waals surface area (Å²) in [4.78, 5) is 37.5. The van der Waals surface area contributed by atoms with Crippen LogP contribution < -0.4 is 5.11 Å². The Hall–Kier alpha value is -3.79. The van der Waals surface area contributed by atoms with Crippen LogP contribution in [0.4, 0.5) is 0 Å². The van der Waals surface area contributed by atoms with Gasteiger partial charge >= 0.3 is 11.9 Å². The molecule has 0 N–H and O–H groups in total. The number of carboxylic acid groups (broad SMARTS) is 1. The van der Waals surface area contributed by atoms with Gasteiger partial charge in [0, 0.05) is 12.8 Å². The number of likely N-dealkylation sites (N-methyl/N-ethyl adjacent to an activating group) is 1. The lowest BCUT2D eigenvalue weighted by atomic mass is 10.0. The molecule has 0 heterocycles. The van der Waals surface area contributed by atoms with Crippen LogP contribution in [0.2, 0.25) is 0 Å². The Morgan fingerprint density at radius 3 is 1.02 bits per heavy atom. The second kappa shape index (κ2) is 64.2. The average molecular weight is 1160 g/mol. The van der Waals surface area contributed by atoms with Crippen LogP contribution in [0.25, 0.3) is 0 Å². The summed E-state index contributed by atoms with van der Waals surface area (Å²) in [5.74, 6) is -2.30. The molecule has 2 unspecified atom stereocenters. The minimum absolute atomic E-state index is 0.141. The van der Waals surface area contributed by atoms with Crippen molar-refractivity contribution in [3.05, 3.63) is 97.2 Å². The van der Waals surface area contributed by atoms with Crippen molar-refractivity contribution in [2.24, 2.45) is 0 Å². The predicted octanol–water partition coefficient (Wildman–Crippen LogP) is 19.9. The van der Waals surface area contributed by atoms with Crippen molar-refractivity contribution in [2.45, 2.75) is 309 Å². The highest BCUT2D eigenvalue weighted by Crippen LogP contribution is 2.18. The zero-order chi connectivity index (χ0) is 60.5. The van der Waals surface area contributed by atoms with Gasteiger partial charge in [-0.15, -0.1) is 0 Å². The molecule has 0 aliphatic carbocycles. The van der Waals surface area contributed by atoms with Crippen LogP contribution in [0, 0.1) is 0 Å². The fourth-order valence-electron chi connectivity index (χ4n) is 9.61. The predicted molar refractivity (Wildman–Crippen MR) is 352 cm³/mol. The Balaban J connectivity index is 4.19. The molecule has 0 amide bonds. The van der Waals surface area contributed by atoms with Gasteiger partial charge in [-0.2, -0.15) is 0 Å². The molecular weight excluding hydrogens is 1030 g/mol. The molecule has 2 atom stereocenters. The van der Waals surface area contributed by atoms with Crippen molar-refractivity contribution in [2.75, 3.05) is 47.5 Å². The van der Waals surface area contributed by atoms with E-state index in [1.165, 1.54) is 154 Å². The van der Waals surface area contributed by atoms with E-state index in [1.54, 1.807) is 0 Å². The lowest BCUT2D eigenvalue weighted by molar-refractivity contribution is -0.870. The van der Waals surface area contributed by atoms with E-state index in [1.807, 2.05) is 21.1 Å². The normalized spacial score (nSPS) is 13.3. The van der Waals surface area contributed by atoms with Gasteiger partial charge in [-0.25, -0.2) is 0 Å². The summed E-state index contributed by atoms with van der Waals surface area (Å²) >= 11 is 0. The lowest BCUT2D eigenvalue weighted by Crippen LogP contribution is -2.44. The number of esters is 2. The SMILES string of the molecule is CC/C=C\C/C=C\C/C=C\C/C=C\C/C=C\C/C=C\C/C=C\C/C=C\CCCCCCCCC(=O)OC(COC(=O)CCCCCCCCCCCCCCCCCCCCCCCCCCCCC)COC(OCC[N+](C)(C)C)C(=O)[O-]. The lowest BCUT2D eigenvalue weighted by Gasteiger charge is -2.26. The number of unbranched alkanes of at least 4 members (excludes halogenated alkanes) is 32. The van der Waals surface area contributed by atoms with Crippen molar-refractivity contribution >= 4 is 17.9 Å². The first-order chi connectivity index (χ1) is 40.6. The highest BCUT2D eigenvalue weighted by molar-refractivity contribution is 5.70. The summed E-state index contributed by atoms with van der Waals surface area (Å²) in [6, 6.07) is 0. The standard InChI is InChI=1S/C74H129NO8/c1-6-8-10-12-14-16-18-20-22-24-26-28-30-32-34-35-36-37-39-41-43-45-47-49-51-53-55-57-59-61-63-65-72(77)83-70(69-82-74(73(78)79)80-67-66-75(3,4)5)68-81-71(76)64-62-60-58-56-54-52-50-48-46-44-42-40-38-33-31-29-27-25-23-21-19-17-15-13-11-9-7-2/h8,10,14,16,20,22,26,28,32,34,36-37,41,43,47,49,70,74H,6-7,9,11-13,15,17-19,21,23-25,27,29-31,33,35,38-40,42,44-46,48,50-69H2,1-5H3/b10-8-,16-14-,22-20-,28-26-,34-32-,37-36-,43-41-,49-47-. The molecule has 0 aromatic rings. The van der Waals surface area contributed by atoms with Crippen LogP contribution >= 0.6 is 0 Å². The number of carbonyl (C=O) groups is 3. The fourth-order valence-corrected chi connectivity index (χ4v) is 9.61. The van der Waals surface area contributed by atoms with Gasteiger partial charge in [0.1, 0.15) is 13.2 Å². The zero-order valence-corrected chi connectivity index (χ0v) is 54.5. The topological polar surface area (TPSA) is 111 Å². The average Bonchev–Trinajstić information content (AvgIpc) is 3.46. The van der Waals surface area contributed by atoms with Gasteiger partial charge in [0.25, 0.3) is 0 Å². The van der Waals surface area contributed by atoms with Gasteiger partial charge in [0.15, 0.2) is 12.4 Å². The van der Waals surface area contributed by atoms with Crippen LogP contribution in [0.15, 0.2) is 97.2 Å². The molecule has 0 aliphatic heterocycles. The third-order valence-corrected chi connectivity index (χ3v) is 14.8. The number of aliphatic carboxylic acids is 1. The summed E-state index contributed by atoms with van der Waals surface area (Å²) in [6.45, 7) is 4.65. The van der Waals surface area contributed by atoms with E-state index in [2.05, 4.69) is 111 Å². The Morgan fingerprint density at radius 2 is 0.687 bits per heavy atom. The number of nitrogens with zero attached hydrogens (tertiary/aromatic N) is 1. The van der Waals surface area contributed by atoms with E-state index in [9.17, 15) is 19.5 Å². The summed E-state index contributed by atoms with van der Waals surface area (Å²) in [7, 11) is 5.92. The van der Waals surface area contributed by atoms with Crippen molar-refractivity contribution in [1.82, 2.24) is 0 Å². The first kappa shape index (κ1) is 79.2. The summed E-state index contributed by atoms with van der Waals surface area (Å²) in [5, 5.41) is 11.8. The highest BCUT2D eigenvalue weighted by Gasteiger charge is 2.22. The molecule has 83 heavy (non-hydrogen) atoms. The Bertz CT molecular complexity index is 1680. The second-order valence-electron chi connectivity index (χ2n) is 24.1. The summed E-state index contributed by atoms with van der Waals surface area (Å²) < 4.78 is 22.8. The fraction of sp³-hybridized carbons (Fsp3) is 0.743. The number of hydrogen-bond donors (Lipinski definition) is 0. The van der Waals surface area contributed by atoms with E-state index in [0.29, 0.717) is 17.4 Å². The van der Waals surface area contributed by atoms with Crippen molar-refractivity contribution in [3.8, 4) is 0 Å². The molecule has 0 saturated heterocycles. The minimum atomic E-state index is -1.63. The molecule has 0 rings (SSSR count). The van der Waals surface area contributed by atoms with Gasteiger partial charge in [-0.05, 0) is 77.0 Å². The third-order valence-electron chi connectivity index (χ3n) is 14.8. The Kier molecular flexibility index (Phi) is 61.3. The van der Waals surface area contributed by atoms with Gasteiger partial charge in [0.2, 0.25) is 0 Å². The zero-order valence-electron chi connectivity index (χ0n) is 54.5. The molecule has 478 valence electrons. The number of allylic oxidation sites excluding steroid dienone is 16. The van der Waals surface area contributed by atoms with Crippen LogP contribution in [0.1, 0.15) is 296 Å². The number of quaternary nitrogens is 1. The maximum atomic E-state index is 12.9. The Morgan fingerprint density at radius 1 is 0.373 bits per heavy atom. The largest absolute Gasteiger partial charge is 0.545 e. The molecular formula is C74H129NO8. The minimum Gasteiger partial charge on any atom is -0.545 e. The quantitative estimate of drug-likeness (QED) is 0.0195. The molecule has 0 aromatic carbocycles. The molecule has 0 spiro atoms. The highest BCUT2D eigenvalue weighted by atomic mass is 16.7. The maximum Gasteiger partial charge on any atom is 0.306 e. The number of carboxylic acids is 1. The molecule has 0 radical (unpaired) electrons. The van der Waals surface area contributed by atoms with E-state index >= 15 is 0 Å². The van der Waals surface area contributed by atoms with Crippen molar-refractivity contribution in [3.63, 3.8) is 0 Å². The van der Waals surface area contributed by atoms with Crippen LogP contribution in [0.5, 0.6) is 0 Å². The van der Waals surface area contributed by atoms with Crippen LogP contribution in [-0.2, 0) is 33.3 Å². The van der Waals surface area contributed by atoms with E-state index in [4.69, 9.17) is 18.9 Å². The van der Waals surface area contributed by atoms with Crippen molar-refractivity contribution < 1.29 is 42.9 Å². The van der Waals surface area contributed by atoms with Gasteiger partial charge < -0.3 is 33.3 Å². The van der Waals surface area contributed by atoms with E-state index < -0.39 is 24.3 Å². The van der Waals surface area contributed by atoms with Gasteiger partial charge in [0.05, 0.1) is 40.3 Å². The molecule has 0 bridgehead atoms. The monoisotopic (exact) mass is 1160 g/mol. The van der Waals surface area contributed by atoms with Crippen LogP contribution in [0.3, 0.4) is 0 Å². The first-order valence-corrected chi connectivity index (χ1v) is 34.4. The van der Waals surface area contributed by atoms with Gasteiger partial charge in [-0.3, -0.25) is 9.59 Å². The number of carbonyl (C=O) groups excluding carboxylic acids is 3. The maximum absolute atomic E-state index is 12.9. The number of hydrogen-bond acceptors (Lipinski definition) is 8. The second-order valence-corrected chi connectivity index (χ2v) is 24.1. The van der Waals surface area contributed by atoms with Gasteiger partial charge in [-0.1, -0.05) is 304 Å². The molecule has 0 fully saturated rings. The van der Waals surface area contributed by atoms with Crippen molar-refractivity contribution in [1.29, 1.82) is 0 Å². The number of ether oxygens (including phenoxy) is 4. The third kappa shape index (κ3) is 65.6. The van der Waals surface area contributed by atoms with Crippen LogP contribution in [-0.4, -0.2) is 82.3 Å². The summed E-state index contributed by atoms with van der Waals surface area (Å²) in [5.41, 5.74) is 0. The Labute approximate surface area is 512 Å². The molecule has 0 aliphatic rings. The molecule has 0 saturated carbocycles. The van der Waals surface area contributed by atoms with E-state index in [0.717, 1.165) is 109 Å².